The Bertz CT molecular complexity index is 827. The fraction of sp³-hybridized carbons (Fsp3) is 0.400. The summed E-state index contributed by atoms with van der Waals surface area (Å²) in [5, 5.41) is 9.17. The highest BCUT2D eigenvalue weighted by Crippen LogP contribution is 2.24. The predicted octanol–water partition coefficient (Wildman–Crippen LogP) is 1.80. The van der Waals surface area contributed by atoms with Crippen LogP contribution in [-0.4, -0.2) is 48.0 Å². The second kappa shape index (κ2) is 9.16. The Balaban J connectivity index is 1.46. The van der Waals surface area contributed by atoms with Crippen molar-refractivity contribution in [3.05, 3.63) is 42.1 Å². The van der Waals surface area contributed by atoms with Crippen LogP contribution in [0.15, 0.2) is 36.4 Å². The van der Waals surface area contributed by atoms with Gasteiger partial charge >= 0.3 is 0 Å². The van der Waals surface area contributed by atoms with Crippen LogP contribution < -0.4 is 20.9 Å². The number of carbonyl (C=O) groups excluding carboxylic acids is 2. The van der Waals surface area contributed by atoms with Gasteiger partial charge in [-0.15, -0.1) is 0 Å². The second-order valence-electron chi connectivity index (χ2n) is 6.71. The standard InChI is InChI=1S/C20H26N6O2/c1-3-21-17-11-14(2)24-20(25-17)23-10-9-22-19(28)15-12-18(27)26(13-15)16-7-5-4-6-8-16/h4-8,11,15H,3,9-10,12-13H2,1-2H3,(H,22,28)(H2,21,23,24,25). The normalized spacial score (nSPS) is 16.1. The lowest BCUT2D eigenvalue weighted by Crippen LogP contribution is -2.35. The number of anilines is 3. The van der Waals surface area contributed by atoms with E-state index in [2.05, 4.69) is 25.9 Å². The maximum Gasteiger partial charge on any atom is 0.227 e. The molecule has 1 atom stereocenters. The summed E-state index contributed by atoms with van der Waals surface area (Å²) in [7, 11) is 0. The number of benzene rings is 1. The molecule has 0 saturated carbocycles. The molecule has 1 aliphatic heterocycles. The zero-order chi connectivity index (χ0) is 19.9. The highest BCUT2D eigenvalue weighted by molar-refractivity contribution is 6.00. The van der Waals surface area contributed by atoms with Crippen LogP contribution in [0.4, 0.5) is 17.5 Å². The molecule has 8 heteroatoms. The third kappa shape index (κ3) is 4.97. The molecule has 0 radical (unpaired) electrons. The Morgan fingerprint density at radius 2 is 1.96 bits per heavy atom. The van der Waals surface area contributed by atoms with Gasteiger partial charge in [0.1, 0.15) is 5.82 Å². The fourth-order valence-corrected chi connectivity index (χ4v) is 3.16. The number of hydrogen-bond acceptors (Lipinski definition) is 6. The van der Waals surface area contributed by atoms with Gasteiger partial charge in [-0.05, 0) is 26.0 Å². The van der Waals surface area contributed by atoms with Gasteiger partial charge in [-0.1, -0.05) is 18.2 Å². The van der Waals surface area contributed by atoms with E-state index in [-0.39, 0.29) is 24.2 Å². The van der Waals surface area contributed by atoms with Gasteiger partial charge in [-0.3, -0.25) is 9.59 Å². The van der Waals surface area contributed by atoms with Crippen LogP contribution in [-0.2, 0) is 9.59 Å². The minimum atomic E-state index is -0.330. The first-order chi connectivity index (χ1) is 13.6. The Morgan fingerprint density at radius 3 is 2.71 bits per heavy atom. The van der Waals surface area contributed by atoms with E-state index in [1.54, 1.807) is 4.90 Å². The molecule has 1 aromatic heterocycles. The molecule has 2 amide bonds. The van der Waals surface area contributed by atoms with E-state index in [0.717, 1.165) is 23.7 Å². The molecule has 8 nitrogen and oxygen atoms in total. The van der Waals surface area contributed by atoms with E-state index in [4.69, 9.17) is 0 Å². The molecule has 1 fully saturated rings. The van der Waals surface area contributed by atoms with Gasteiger partial charge in [0, 0.05) is 50.0 Å². The molecule has 1 unspecified atom stereocenters. The summed E-state index contributed by atoms with van der Waals surface area (Å²) < 4.78 is 0. The number of carbonyl (C=O) groups is 2. The first-order valence-corrected chi connectivity index (χ1v) is 9.53. The van der Waals surface area contributed by atoms with E-state index in [9.17, 15) is 9.59 Å². The van der Waals surface area contributed by atoms with Crippen molar-refractivity contribution in [2.45, 2.75) is 20.3 Å². The third-order valence-corrected chi connectivity index (χ3v) is 4.48. The minimum Gasteiger partial charge on any atom is -0.370 e. The lowest BCUT2D eigenvalue weighted by atomic mass is 10.1. The number of rotatable bonds is 8. The van der Waals surface area contributed by atoms with Gasteiger partial charge in [0.05, 0.1) is 5.92 Å². The maximum absolute atomic E-state index is 12.4. The van der Waals surface area contributed by atoms with Crippen LogP contribution in [0.25, 0.3) is 0 Å². The number of hydrogen-bond donors (Lipinski definition) is 3. The molecule has 0 aliphatic carbocycles. The largest absolute Gasteiger partial charge is 0.370 e. The minimum absolute atomic E-state index is 0.0198. The van der Waals surface area contributed by atoms with Crippen molar-refractivity contribution in [3.63, 3.8) is 0 Å². The molecule has 3 N–H and O–H groups in total. The topological polar surface area (TPSA) is 99.2 Å². The van der Waals surface area contributed by atoms with E-state index in [1.807, 2.05) is 50.2 Å². The summed E-state index contributed by atoms with van der Waals surface area (Å²) in [5.74, 6) is 0.840. The van der Waals surface area contributed by atoms with Crippen LogP contribution in [0.3, 0.4) is 0 Å². The number of para-hydroxylation sites is 1. The quantitative estimate of drug-likeness (QED) is 0.602. The summed E-state index contributed by atoms with van der Waals surface area (Å²) in [6.07, 6.45) is 0.237. The van der Waals surface area contributed by atoms with E-state index >= 15 is 0 Å². The molecular weight excluding hydrogens is 356 g/mol. The molecule has 28 heavy (non-hydrogen) atoms. The van der Waals surface area contributed by atoms with Gasteiger partial charge in [-0.25, -0.2) is 4.98 Å². The van der Waals surface area contributed by atoms with Crippen LogP contribution in [0.5, 0.6) is 0 Å². The van der Waals surface area contributed by atoms with E-state index < -0.39 is 0 Å². The Morgan fingerprint density at radius 1 is 1.18 bits per heavy atom. The number of amides is 2. The zero-order valence-corrected chi connectivity index (χ0v) is 16.2. The highest BCUT2D eigenvalue weighted by Gasteiger charge is 2.34. The molecule has 1 aliphatic rings. The molecule has 0 spiro atoms. The first kappa shape index (κ1) is 19.6. The number of nitrogens with one attached hydrogen (secondary N) is 3. The van der Waals surface area contributed by atoms with Gasteiger partial charge in [0.15, 0.2) is 0 Å². The van der Waals surface area contributed by atoms with Gasteiger partial charge in [0.25, 0.3) is 0 Å². The molecule has 1 saturated heterocycles. The summed E-state index contributed by atoms with van der Waals surface area (Å²) in [5.41, 5.74) is 1.69. The molecular formula is C20H26N6O2. The van der Waals surface area contributed by atoms with Crippen LogP contribution in [0.1, 0.15) is 19.0 Å². The van der Waals surface area contributed by atoms with Crippen molar-refractivity contribution in [3.8, 4) is 0 Å². The van der Waals surface area contributed by atoms with E-state index in [0.29, 0.717) is 25.6 Å². The van der Waals surface area contributed by atoms with Gasteiger partial charge < -0.3 is 20.9 Å². The molecule has 148 valence electrons. The molecule has 2 heterocycles. The molecule has 2 aromatic rings. The zero-order valence-electron chi connectivity index (χ0n) is 16.2. The summed E-state index contributed by atoms with van der Waals surface area (Å²) >= 11 is 0. The first-order valence-electron chi connectivity index (χ1n) is 9.53. The van der Waals surface area contributed by atoms with Crippen LogP contribution in [0, 0.1) is 12.8 Å². The van der Waals surface area contributed by atoms with Crippen LogP contribution >= 0.6 is 0 Å². The average molecular weight is 382 g/mol. The monoisotopic (exact) mass is 382 g/mol. The van der Waals surface area contributed by atoms with Gasteiger partial charge in [-0.2, -0.15) is 4.98 Å². The SMILES string of the molecule is CCNc1cc(C)nc(NCCNC(=O)C2CC(=O)N(c3ccccc3)C2)n1. The van der Waals surface area contributed by atoms with Crippen molar-refractivity contribution in [1.29, 1.82) is 0 Å². The van der Waals surface area contributed by atoms with Crippen molar-refractivity contribution in [2.75, 3.05) is 41.7 Å². The predicted molar refractivity (Wildman–Crippen MR) is 109 cm³/mol. The second-order valence-corrected chi connectivity index (χ2v) is 6.71. The van der Waals surface area contributed by atoms with Crippen molar-refractivity contribution < 1.29 is 9.59 Å². The Hall–Kier alpha value is -3.16. The lowest BCUT2D eigenvalue weighted by Gasteiger charge is -2.16. The van der Waals surface area contributed by atoms with Crippen molar-refractivity contribution in [2.24, 2.45) is 5.92 Å². The van der Waals surface area contributed by atoms with Gasteiger partial charge in [0.2, 0.25) is 17.8 Å². The average Bonchev–Trinajstić information content (AvgIpc) is 3.07. The van der Waals surface area contributed by atoms with Crippen molar-refractivity contribution >= 4 is 29.3 Å². The van der Waals surface area contributed by atoms with E-state index in [1.165, 1.54) is 0 Å². The fourth-order valence-electron chi connectivity index (χ4n) is 3.16. The summed E-state index contributed by atoms with van der Waals surface area (Å²) in [6.45, 7) is 6.05. The smallest absolute Gasteiger partial charge is 0.227 e. The highest BCUT2D eigenvalue weighted by atomic mass is 16.2. The molecule has 1 aromatic carbocycles. The van der Waals surface area contributed by atoms with Crippen molar-refractivity contribution in [1.82, 2.24) is 15.3 Å². The lowest BCUT2D eigenvalue weighted by molar-refractivity contribution is -0.126. The number of nitrogens with zero attached hydrogens (tertiary/aromatic N) is 3. The number of aromatic nitrogens is 2. The third-order valence-electron chi connectivity index (χ3n) is 4.48. The number of aryl methyl sites for hydroxylation is 1. The summed E-state index contributed by atoms with van der Waals surface area (Å²) in [6, 6.07) is 11.3. The van der Waals surface area contributed by atoms with Crippen LogP contribution in [0.2, 0.25) is 0 Å². The Kier molecular flexibility index (Phi) is 6.41. The Labute approximate surface area is 164 Å². The maximum atomic E-state index is 12.4. The molecule has 0 bridgehead atoms. The summed E-state index contributed by atoms with van der Waals surface area (Å²) in [4.78, 5) is 35.0. The molecule has 3 rings (SSSR count).